The molecule has 0 atom stereocenters. The first-order valence-electron chi connectivity index (χ1n) is 6.47. The maximum absolute atomic E-state index is 11.0. The van der Waals surface area contributed by atoms with Gasteiger partial charge in [0.1, 0.15) is 17.2 Å². The number of nitro groups is 1. The molecule has 0 fully saturated rings. The largest absolute Gasteiger partial charge is 0.339 e. The Bertz CT molecular complexity index is 883. The van der Waals surface area contributed by atoms with Crippen LogP contribution in [0.5, 0.6) is 0 Å². The predicted molar refractivity (Wildman–Crippen MR) is 85.7 cm³/mol. The molecule has 1 aromatic heterocycles. The standard InChI is InChI=1S/C15H11ClN4O2/c1-9-4-2-3-5-12(9)19-15-10-6-14(20(21)22)11(16)7-13(10)17-8-18-15/h2-8H,1H3,(H,17,18,19). The van der Waals surface area contributed by atoms with E-state index < -0.39 is 4.92 Å². The van der Waals surface area contributed by atoms with Crippen molar-refractivity contribution in [2.45, 2.75) is 6.92 Å². The molecule has 3 rings (SSSR count). The van der Waals surface area contributed by atoms with E-state index in [-0.39, 0.29) is 10.7 Å². The van der Waals surface area contributed by atoms with Crippen LogP contribution in [0.15, 0.2) is 42.7 Å². The maximum Gasteiger partial charge on any atom is 0.288 e. The number of nitrogens with zero attached hydrogens (tertiary/aromatic N) is 3. The highest BCUT2D eigenvalue weighted by Gasteiger charge is 2.16. The van der Waals surface area contributed by atoms with Gasteiger partial charge in [0.2, 0.25) is 0 Å². The lowest BCUT2D eigenvalue weighted by Gasteiger charge is -2.10. The van der Waals surface area contributed by atoms with Gasteiger partial charge in [-0.25, -0.2) is 9.97 Å². The SMILES string of the molecule is Cc1ccccc1Nc1ncnc2cc(Cl)c([N+](=O)[O-])cc12. The number of nitro benzene ring substituents is 1. The molecule has 7 heteroatoms. The van der Waals surface area contributed by atoms with Crippen LogP contribution in [-0.4, -0.2) is 14.9 Å². The van der Waals surface area contributed by atoms with Gasteiger partial charge in [-0.2, -0.15) is 0 Å². The Morgan fingerprint density at radius 1 is 1.23 bits per heavy atom. The third-order valence-electron chi connectivity index (χ3n) is 3.30. The fraction of sp³-hybridized carbons (Fsp3) is 0.0667. The van der Waals surface area contributed by atoms with E-state index in [1.54, 1.807) is 0 Å². The molecule has 0 radical (unpaired) electrons. The summed E-state index contributed by atoms with van der Waals surface area (Å²) >= 11 is 5.91. The van der Waals surface area contributed by atoms with Crippen LogP contribution in [0.2, 0.25) is 5.02 Å². The molecule has 0 unspecified atom stereocenters. The number of halogens is 1. The summed E-state index contributed by atoms with van der Waals surface area (Å²) in [7, 11) is 0. The minimum Gasteiger partial charge on any atom is -0.339 e. The van der Waals surface area contributed by atoms with Crippen LogP contribution in [0.1, 0.15) is 5.56 Å². The van der Waals surface area contributed by atoms with Gasteiger partial charge in [-0.1, -0.05) is 29.8 Å². The van der Waals surface area contributed by atoms with Crippen molar-refractivity contribution < 1.29 is 4.92 Å². The maximum atomic E-state index is 11.0. The second-order valence-electron chi connectivity index (χ2n) is 4.74. The lowest BCUT2D eigenvalue weighted by Crippen LogP contribution is -1.98. The van der Waals surface area contributed by atoms with Crippen LogP contribution in [0.4, 0.5) is 17.2 Å². The van der Waals surface area contributed by atoms with Crippen LogP contribution in [0.25, 0.3) is 10.9 Å². The van der Waals surface area contributed by atoms with Crippen molar-refractivity contribution in [1.29, 1.82) is 0 Å². The Hall–Kier alpha value is -2.73. The lowest BCUT2D eigenvalue weighted by atomic mass is 10.1. The summed E-state index contributed by atoms with van der Waals surface area (Å²) in [6, 6.07) is 10.6. The molecular weight excluding hydrogens is 304 g/mol. The van der Waals surface area contributed by atoms with E-state index in [1.165, 1.54) is 18.5 Å². The Balaban J connectivity index is 2.15. The number of rotatable bonds is 3. The van der Waals surface area contributed by atoms with Crippen molar-refractivity contribution in [1.82, 2.24) is 9.97 Å². The van der Waals surface area contributed by atoms with E-state index in [4.69, 9.17) is 11.6 Å². The minimum absolute atomic E-state index is 0.0537. The minimum atomic E-state index is -0.522. The molecule has 0 aliphatic heterocycles. The first-order chi connectivity index (χ1) is 10.6. The Kier molecular flexibility index (Phi) is 3.60. The van der Waals surface area contributed by atoms with Crippen molar-refractivity contribution in [3.05, 3.63) is 63.4 Å². The molecule has 0 bridgehead atoms. The van der Waals surface area contributed by atoms with Gasteiger partial charge in [-0.3, -0.25) is 10.1 Å². The number of nitrogens with one attached hydrogen (secondary N) is 1. The van der Waals surface area contributed by atoms with E-state index in [2.05, 4.69) is 15.3 Å². The fourth-order valence-corrected chi connectivity index (χ4v) is 2.37. The molecule has 0 saturated carbocycles. The summed E-state index contributed by atoms with van der Waals surface area (Å²) in [5.74, 6) is 0.499. The number of fused-ring (bicyclic) bond motifs is 1. The fourth-order valence-electron chi connectivity index (χ4n) is 2.15. The molecule has 6 nitrogen and oxygen atoms in total. The number of benzene rings is 2. The van der Waals surface area contributed by atoms with Gasteiger partial charge in [0.05, 0.1) is 10.4 Å². The van der Waals surface area contributed by atoms with E-state index in [0.29, 0.717) is 16.7 Å². The zero-order chi connectivity index (χ0) is 15.7. The molecule has 0 aliphatic rings. The summed E-state index contributed by atoms with van der Waals surface area (Å²) in [5.41, 5.74) is 2.29. The molecule has 22 heavy (non-hydrogen) atoms. The van der Waals surface area contributed by atoms with Crippen molar-refractivity contribution in [3.63, 3.8) is 0 Å². The molecule has 110 valence electrons. The highest BCUT2D eigenvalue weighted by Crippen LogP contribution is 2.32. The third-order valence-corrected chi connectivity index (χ3v) is 3.60. The van der Waals surface area contributed by atoms with Crippen LogP contribution in [-0.2, 0) is 0 Å². The number of hydrogen-bond acceptors (Lipinski definition) is 5. The molecule has 0 saturated heterocycles. The van der Waals surface area contributed by atoms with Gasteiger partial charge in [0.15, 0.2) is 0 Å². The Morgan fingerprint density at radius 3 is 2.73 bits per heavy atom. The van der Waals surface area contributed by atoms with Gasteiger partial charge in [0, 0.05) is 17.1 Å². The van der Waals surface area contributed by atoms with E-state index in [9.17, 15) is 10.1 Å². The van der Waals surface area contributed by atoms with Crippen molar-refractivity contribution >= 4 is 39.7 Å². The van der Waals surface area contributed by atoms with Crippen LogP contribution in [0.3, 0.4) is 0 Å². The summed E-state index contributed by atoms with van der Waals surface area (Å²) < 4.78 is 0. The zero-order valence-corrected chi connectivity index (χ0v) is 12.3. The van der Waals surface area contributed by atoms with Crippen LogP contribution < -0.4 is 5.32 Å². The Labute approximate surface area is 130 Å². The highest BCUT2D eigenvalue weighted by molar-refractivity contribution is 6.33. The monoisotopic (exact) mass is 314 g/mol. The quantitative estimate of drug-likeness (QED) is 0.577. The van der Waals surface area contributed by atoms with Crippen molar-refractivity contribution in [3.8, 4) is 0 Å². The molecule has 1 N–H and O–H groups in total. The normalized spacial score (nSPS) is 10.6. The van der Waals surface area contributed by atoms with Gasteiger partial charge in [-0.15, -0.1) is 0 Å². The molecular formula is C15H11ClN4O2. The molecule has 1 heterocycles. The predicted octanol–water partition coefficient (Wildman–Crippen LogP) is 4.24. The Morgan fingerprint density at radius 2 is 2.00 bits per heavy atom. The summed E-state index contributed by atoms with van der Waals surface area (Å²) in [4.78, 5) is 18.8. The average Bonchev–Trinajstić information content (AvgIpc) is 2.49. The number of para-hydroxylation sites is 1. The summed E-state index contributed by atoms with van der Waals surface area (Å²) in [5, 5.41) is 14.8. The number of aromatic nitrogens is 2. The summed E-state index contributed by atoms with van der Waals surface area (Å²) in [6.45, 7) is 1.96. The first kappa shape index (κ1) is 14.2. The molecule has 3 aromatic rings. The van der Waals surface area contributed by atoms with Crippen molar-refractivity contribution in [2.75, 3.05) is 5.32 Å². The topological polar surface area (TPSA) is 81.0 Å². The second kappa shape index (κ2) is 5.57. The number of anilines is 2. The molecule has 0 amide bonds. The van der Waals surface area contributed by atoms with Crippen LogP contribution in [0, 0.1) is 17.0 Å². The third kappa shape index (κ3) is 2.56. The number of hydrogen-bond donors (Lipinski definition) is 1. The molecule has 0 spiro atoms. The van der Waals surface area contributed by atoms with E-state index in [1.807, 2.05) is 31.2 Å². The van der Waals surface area contributed by atoms with E-state index >= 15 is 0 Å². The lowest BCUT2D eigenvalue weighted by molar-refractivity contribution is -0.384. The van der Waals surface area contributed by atoms with Crippen molar-refractivity contribution in [2.24, 2.45) is 0 Å². The first-order valence-corrected chi connectivity index (χ1v) is 6.85. The molecule has 0 aliphatic carbocycles. The molecule has 2 aromatic carbocycles. The number of aryl methyl sites for hydroxylation is 1. The second-order valence-corrected chi connectivity index (χ2v) is 5.15. The van der Waals surface area contributed by atoms with E-state index in [0.717, 1.165) is 11.3 Å². The van der Waals surface area contributed by atoms with Gasteiger partial charge < -0.3 is 5.32 Å². The van der Waals surface area contributed by atoms with Crippen LogP contribution >= 0.6 is 11.6 Å². The average molecular weight is 315 g/mol. The smallest absolute Gasteiger partial charge is 0.288 e. The summed E-state index contributed by atoms with van der Waals surface area (Å²) in [6.07, 6.45) is 1.39. The highest BCUT2D eigenvalue weighted by atomic mass is 35.5. The zero-order valence-electron chi connectivity index (χ0n) is 11.6. The van der Waals surface area contributed by atoms with Gasteiger partial charge >= 0.3 is 0 Å². The van der Waals surface area contributed by atoms with Gasteiger partial charge in [-0.05, 0) is 24.6 Å². The van der Waals surface area contributed by atoms with Gasteiger partial charge in [0.25, 0.3) is 5.69 Å².